The molecule has 2 heterocycles. The number of fused-ring (bicyclic) bond motifs is 1. The molecule has 0 aliphatic carbocycles. The molecular weight excluding hydrogens is 459 g/mol. The highest BCUT2D eigenvalue weighted by Gasteiger charge is 2.13. The molecular formula is C19H25IN4O3. The van der Waals surface area contributed by atoms with Gasteiger partial charge in [-0.1, -0.05) is 19.1 Å². The van der Waals surface area contributed by atoms with Crippen molar-refractivity contribution in [2.75, 3.05) is 20.4 Å². The maximum absolute atomic E-state index is 5.49. The topological polar surface area (TPSA) is 77.0 Å². The summed E-state index contributed by atoms with van der Waals surface area (Å²) in [5.74, 6) is 2.94. The van der Waals surface area contributed by atoms with Gasteiger partial charge in [-0.25, -0.2) is 4.98 Å². The maximum atomic E-state index is 5.49. The lowest BCUT2D eigenvalue weighted by Crippen LogP contribution is -2.36. The first-order valence-electron chi connectivity index (χ1n) is 8.69. The molecule has 0 spiro atoms. The van der Waals surface area contributed by atoms with E-state index in [1.165, 1.54) is 0 Å². The van der Waals surface area contributed by atoms with Crippen molar-refractivity contribution in [3.8, 4) is 17.4 Å². The number of ether oxygens (including phenoxy) is 3. The van der Waals surface area contributed by atoms with Gasteiger partial charge < -0.3 is 24.8 Å². The molecule has 0 atom stereocenters. The van der Waals surface area contributed by atoms with Gasteiger partial charge in [0.15, 0.2) is 17.5 Å². The van der Waals surface area contributed by atoms with Crippen LogP contribution in [-0.4, -0.2) is 31.4 Å². The van der Waals surface area contributed by atoms with E-state index in [9.17, 15) is 0 Å². The number of guanidine groups is 1. The molecule has 2 N–H and O–H groups in total. The number of rotatable bonds is 7. The SMILES string of the molecule is CCCOc1ccc(CNC(=NC)NCc2ccc3c(c2)OCO3)cn1.I. The van der Waals surface area contributed by atoms with Crippen LogP contribution in [-0.2, 0) is 13.1 Å². The molecule has 0 saturated heterocycles. The van der Waals surface area contributed by atoms with E-state index >= 15 is 0 Å². The Morgan fingerprint density at radius 1 is 1.11 bits per heavy atom. The standard InChI is InChI=1S/C19H24N4O3.HI/c1-3-8-24-18-7-5-15(11-21-18)12-23-19(20-2)22-10-14-4-6-16-17(9-14)26-13-25-16;/h4-7,9,11H,3,8,10,12-13H2,1-2H3,(H2,20,22,23);1H. The lowest BCUT2D eigenvalue weighted by Gasteiger charge is -2.12. The molecule has 1 aromatic heterocycles. The Morgan fingerprint density at radius 2 is 1.85 bits per heavy atom. The predicted octanol–water partition coefficient (Wildman–Crippen LogP) is 3.08. The number of hydrogen-bond donors (Lipinski definition) is 2. The number of halogens is 1. The monoisotopic (exact) mass is 484 g/mol. The summed E-state index contributed by atoms with van der Waals surface area (Å²) >= 11 is 0. The maximum Gasteiger partial charge on any atom is 0.231 e. The second-order valence-corrected chi connectivity index (χ2v) is 5.82. The van der Waals surface area contributed by atoms with Gasteiger partial charge in [-0.05, 0) is 29.7 Å². The number of benzene rings is 1. The summed E-state index contributed by atoms with van der Waals surface area (Å²) in [5.41, 5.74) is 2.15. The molecule has 146 valence electrons. The third kappa shape index (κ3) is 6.16. The summed E-state index contributed by atoms with van der Waals surface area (Å²) < 4.78 is 16.2. The normalized spacial score (nSPS) is 12.3. The Hall–Kier alpha value is -2.23. The summed E-state index contributed by atoms with van der Waals surface area (Å²) in [6, 6.07) is 9.78. The van der Waals surface area contributed by atoms with Crippen LogP contribution in [0.3, 0.4) is 0 Å². The van der Waals surface area contributed by atoms with Crippen molar-refractivity contribution in [3.63, 3.8) is 0 Å². The van der Waals surface area contributed by atoms with Crippen molar-refractivity contribution < 1.29 is 14.2 Å². The van der Waals surface area contributed by atoms with Crippen LogP contribution >= 0.6 is 24.0 Å². The van der Waals surface area contributed by atoms with Gasteiger partial charge in [0.25, 0.3) is 0 Å². The molecule has 1 aromatic carbocycles. The van der Waals surface area contributed by atoms with Crippen LogP contribution in [0.15, 0.2) is 41.5 Å². The summed E-state index contributed by atoms with van der Waals surface area (Å²) in [5, 5.41) is 6.56. The van der Waals surface area contributed by atoms with Crippen LogP contribution in [0.1, 0.15) is 24.5 Å². The molecule has 0 amide bonds. The minimum atomic E-state index is 0. The smallest absolute Gasteiger partial charge is 0.231 e. The first kappa shape index (κ1) is 21.1. The van der Waals surface area contributed by atoms with E-state index in [0.29, 0.717) is 31.5 Å². The Bertz CT molecular complexity index is 753. The van der Waals surface area contributed by atoms with Crippen molar-refractivity contribution in [2.45, 2.75) is 26.4 Å². The van der Waals surface area contributed by atoms with E-state index in [4.69, 9.17) is 14.2 Å². The molecule has 0 bridgehead atoms. The Labute approximate surface area is 176 Å². The van der Waals surface area contributed by atoms with Crippen molar-refractivity contribution in [1.82, 2.24) is 15.6 Å². The second-order valence-electron chi connectivity index (χ2n) is 5.82. The van der Waals surface area contributed by atoms with Gasteiger partial charge in [0.05, 0.1) is 6.61 Å². The van der Waals surface area contributed by atoms with Gasteiger partial charge in [0.1, 0.15) is 0 Å². The molecule has 8 heteroatoms. The zero-order chi connectivity index (χ0) is 18.2. The number of nitrogens with one attached hydrogen (secondary N) is 2. The highest BCUT2D eigenvalue weighted by atomic mass is 127. The van der Waals surface area contributed by atoms with Crippen LogP contribution in [0.5, 0.6) is 17.4 Å². The van der Waals surface area contributed by atoms with Crippen molar-refractivity contribution in [1.29, 1.82) is 0 Å². The minimum absolute atomic E-state index is 0. The number of nitrogens with zero attached hydrogens (tertiary/aromatic N) is 2. The third-order valence-electron chi connectivity index (χ3n) is 3.83. The summed E-state index contributed by atoms with van der Waals surface area (Å²) in [6.07, 6.45) is 2.78. The first-order valence-corrected chi connectivity index (χ1v) is 8.69. The summed E-state index contributed by atoms with van der Waals surface area (Å²) in [7, 11) is 1.74. The molecule has 1 aliphatic heterocycles. The van der Waals surface area contributed by atoms with Crippen LogP contribution in [0.2, 0.25) is 0 Å². The fraction of sp³-hybridized carbons (Fsp3) is 0.368. The van der Waals surface area contributed by atoms with Gasteiger partial charge in [-0.2, -0.15) is 0 Å². The molecule has 1 aliphatic rings. The summed E-state index contributed by atoms with van der Waals surface area (Å²) in [4.78, 5) is 8.54. The average Bonchev–Trinajstić information content (AvgIpc) is 3.15. The largest absolute Gasteiger partial charge is 0.478 e. The van der Waals surface area contributed by atoms with E-state index in [1.54, 1.807) is 7.05 Å². The molecule has 3 rings (SSSR count). The number of pyridine rings is 1. The van der Waals surface area contributed by atoms with Crippen molar-refractivity contribution in [3.05, 3.63) is 47.7 Å². The molecule has 0 radical (unpaired) electrons. The van der Waals surface area contributed by atoms with Crippen LogP contribution in [0.25, 0.3) is 0 Å². The first-order chi connectivity index (χ1) is 12.8. The van der Waals surface area contributed by atoms with Crippen LogP contribution in [0, 0.1) is 0 Å². The van der Waals surface area contributed by atoms with Gasteiger partial charge in [0, 0.05) is 32.4 Å². The van der Waals surface area contributed by atoms with Crippen molar-refractivity contribution >= 4 is 29.9 Å². The molecule has 2 aromatic rings. The zero-order valence-corrected chi connectivity index (χ0v) is 17.9. The number of aliphatic imine (C=N–C) groups is 1. The Morgan fingerprint density at radius 3 is 2.56 bits per heavy atom. The molecule has 7 nitrogen and oxygen atoms in total. The fourth-order valence-corrected chi connectivity index (χ4v) is 2.45. The van der Waals surface area contributed by atoms with Gasteiger partial charge in [-0.15, -0.1) is 24.0 Å². The van der Waals surface area contributed by atoms with Gasteiger partial charge in [-0.3, -0.25) is 4.99 Å². The highest BCUT2D eigenvalue weighted by molar-refractivity contribution is 14.0. The van der Waals surface area contributed by atoms with Gasteiger partial charge in [0.2, 0.25) is 12.7 Å². The van der Waals surface area contributed by atoms with Gasteiger partial charge >= 0.3 is 0 Å². The number of aromatic nitrogens is 1. The van der Waals surface area contributed by atoms with Crippen LogP contribution in [0.4, 0.5) is 0 Å². The molecule has 0 saturated carbocycles. The third-order valence-corrected chi connectivity index (χ3v) is 3.83. The fourth-order valence-electron chi connectivity index (χ4n) is 2.45. The highest BCUT2D eigenvalue weighted by Crippen LogP contribution is 2.32. The average molecular weight is 484 g/mol. The quantitative estimate of drug-likeness (QED) is 0.358. The minimum Gasteiger partial charge on any atom is -0.478 e. The van der Waals surface area contributed by atoms with E-state index in [1.807, 2.05) is 36.5 Å². The second kappa shape index (κ2) is 10.8. The molecule has 27 heavy (non-hydrogen) atoms. The lowest BCUT2D eigenvalue weighted by atomic mass is 10.2. The van der Waals surface area contributed by atoms with E-state index < -0.39 is 0 Å². The Kier molecular flexibility index (Phi) is 8.43. The molecule has 0 fully saturated rings. The van der Waals surface area contributed by atoms with Crippen LogP contribution < -0.4 is 24.8 Å². The number of hydrogen-bond acceptors (Lipinski definition) is 5. The van der Waals surface area contributed by atoms with E-state index in [0.717, 1.165) is 29.0 Å². The lowest BCUT2D eigenvalue weighted by molar-refractivity contribution is 0.174. The van der Waals surface area contributed by atoms with Crippen molar-refractivity contribution in [2.24, 2.45) is 4.99 Å². The van der Waals surface area contributed by atoms with E-state index in [-0.39, 0.29) is 30.8 Å². The zero-order valence-electron chi connectivity index (χ0n) is 15.5. The summed E-state index contributed by atoms with van der Waals surface area (Å²) in [6.45, 7) is 4.30. The Balaban J connectivity index is 0.00000261. The predicted molar refractivity (Wildman–Crippen MR) is 115 cm³/mol. The van der Waals surface area contributed by atoms with E-state index in [2.05, 4.69) is 27.5 Å². The molecule has 0 unspecified atom stereocenters.